The minimum Gasteiger partial charge on any atom is -0.376 e. The Morgan fingerprint density at radius 2 is 1.92 bits per heavy atom. The topological polar surface area (TPSA) is 105 Å². The maximum atomic E-state index is 12.6. The molecular formula is C23H28F3N5O4S. The smallest absolute Gasteiger partial charge is 0.376 e. The van der Waals surface area contributed by atoms with E-state index in [-0.39, 0.29) is 11.7 Å². The Hall–Kier alpha value is -3.19. The highest BCUT2D eigenvalue weighted by Crippen LogP contribution is 2.29. The van der Waals surface area contributed by atoms with Crippen molar-refractivity contribution in [3.8, 4) is 5.75 Å². The molecule has 2 heterocycles. The van der Waals surface area contributed by atoms with Crippen LogP contribution in [0.5, 0.6) is 5.75 Å². The number of hydrogen-bond acceptors (Lipinski definition) is 8. The zero-order valence-electron chi connectivity index (χ0n) is 20.0. The van der Waals surface area contributed by atoms with E-state index in [2.05, 4.69) is 24.4 Å². The Morgan fingerprint density at radius 3 is 2.58 bits per heavy atom. The standard InChI is InChI=1S/C23H28F3N5O4S/c1-30(2)19-14-28-21(29-15-19)7-8-22(32)27-10-3-4-11-31-12-9-17-5-6-20(13-18(17)16-31)35-36(33,34)23(24,25)26/h5-8,13-15H,3-4,9-12,16H2,1-2H3,(H,27,32)/b8-7+. The van der Waals surface area contributed by atoms with Gasteiger partial charge in [0.25, 0.3) is 0 Å². The monoisotopic (exact) mass is 527 g/mol. The number of anilines is 1. The second kappa shape index (κ2) is 11.7. The Balaban J connectivity index is 1.40. The van der Waals surface area contributed by atoms with Gasteiger partial charge in [0, 0.05) is 39.8 Å². The molecule has 1 aliphatic heterocycles. The van der Waals surface area contributed by atoms with Crippen molar-refractivity contribution in [2.75, 3.05) is 38.6 Å². The summed E-state index contributed by atoms with van der Waals surface area (Å²) < 4.78 is 64.5. The first-order valence-electron chi connectivity index (χ1n) is 11.2. The summed E-state index contributed by atoms with van der Waals surface area (Å²) in [5.74, 6) is -0.169. The van der Waals surface area contributed by atoms with Crippen molar-refractivity contribution in [3.63, 3.8) is 0 Å². The number of unbranched alkanes of at least 4 members (excludes halogenated alkanes) is 1. The highest BCUT2D eigenvalue weighted by Gasteiger charge is 2.48. The average Bonchev–Trinajstić information content (AvgIpc) is 2.81. The van der Waals surface area contributed by atoms with Crippen molar-refractivity contribution >= 4 is 27.8 Å². The van der Waals surface area contributed by atoms with Crippen LogP contribution < -0.4 is 14.4 Å². The molecule has 36 heavy (non-hydrogen) atoms. The molecule has 1 amide bonds. The van der Waals surface area contributed by atoms with Crippen molar-refractivity contribution in [1.29, 1.82) is 0 Å². The van der Waals surface area contributed by atoms with Gasteiger partial charge in [0.1, 0.15) is 5.75 Å². The molecule has 1 aromatic heterocycles. The molecule has 13 heteroatoms. The van der Waals surface area contributed by atoms with E-state index in [4.69, 9.17) is 0 Å². The molecule has 3 rings (SSSR count). The molecule has 0 radical (unpaired) electrons. The molecule has 9 nitrogen and oxygen atoms in total. The van der Waals surface area contributed by atoms with E-state index in [0.29, 0.717) is 25.3 Å². The van der Waals surface area contributed by atoms with Crippen molar-refractivity contribution < 1.29 is 30.6 Å². The normalized spacial score (nSPS) is 14.5. The predicted molar refractivity (Wildman–Crippen MR) is 129 cm³/mol. The highest BCUT2D eigenvalue weighted by molar-refractivity contribution is 7.88. The second-order valence-corrected chi connectivity index (χ2v) is 10.0. The van der Waals surface area contributed by atoms with Gasteiger partial charge in [-0.15, -0.1) is 0 Å². The number of benzene rings is 1. The summed E-state index contributed by atoms with van der Waals surface area (Å²) in [4.78, 5) is 24.3. The number of rotatable bonds is 10. The molecule has 1 N–H and O–H groups in total. The molecule has 0 unspecified atom stereocenters. The fourth-order valence-electron chi connectivity index (χ4n) is 3.54. The van der Waals surface area contributed by atoms with Crippen LogP contribution in [0.1, 0.15) is 29.8 Å². The van der Waals surface area contributed by atoms with Crippen LogP contribution in [-0.4, -0.2) is 68.4 Å². The first-order chi connectivity index (χ1) is 16.9. The molecule has 0 saturated carbocycles. The third-order valence-electron chi connectivity index (χ3n) is 5.52. The van der Waals surface area contributed by atoms with E-state index in [0.717, 1.165) is 42.7 Å². The van der Waals surface area contributed by atoms with Crippen LogP contribution in [0.25, 0.3) is 6.08 Å². The number of nitrogens with zero attached hydrogens (tertiary/aromatic N) is 4. The Bertz CT molecular complexity index is 1190. The first kappa shape index (κ1) is 27.4. The lowest BCUT2D eigenvalue weighted by Gasteiger charge is -2.29. The highest BCUT2D eigenvalue weighted by atomic mass is 32.2. The van der Waals surface area contributed by atoms with Gasteiger partial charge in [0.05, 0.1) is 18.1 Å². The molecule has 0 aliphatic carbocycles. The minimum absolute atomic E-state index is 0.247. The molecule has 2 aromatic rings. The third-order valence-corrected chi connectivity index (χ3v) is 6.50. The molecule has 196 valence electrons. The quantitative estimate of drug-likeness (QED) is 0.218. The van der Waals surface area contributed by atoms with Crippen molar-refractivity contribution in [2.24, 2.45) is 0 Å². The van der Waals surface area contributed by atoms with Gasteiger partial charge in [-0.2, -0.15) is 21.6 Å². The Kier molecular flexibility index (Phi) is 8.90. The van der Waals surface area contributed by atoms with Gasteiger partial charge >= 0.3 is 15.6 Å². The van der Waals surface area contributed by atoms with Gasteiger partial charge in [0.15, 0.2) is 5.82 Å². The van der Waals surface area contributed by atoms with Crippen LogP contribution in [0.4, 0.5) is 18.9 Å². The van der Waals surface area contributed by atoms with Gasteiger partial charge in [0.2, 0.25) is 5.91 Å². The number of alkyl halides is 3. The van der Waals surface area contributed by atoms with E-state index in [9.17, 15) is 26.4 Å². The van der Waals surface area contributed by atoms with Crippen LogP contribution in [0.15, 0.2) is 36.7 Å². The molecule has 0 saturated heterocycles. The zero-order valence-corrected chi connectivity index (χ0v) is 20.8. The lowest BCUT2D eigenvalue weighted by atomic mass is 9.99. The molecule has 0 bridgehead atoms. The van der Waals surface area contributed by atoms with Crippen LogP contribution in [0, 0.1) is 0 Å². The number of nitrogens with one attached hydrogen (secondary N) is 1. The summed E-state index contributed by atoms with van der Waals surface area (Å²) in [6.45, 7) is 2.46. The van der Waals surface area contributed by atoms with Gasteiger partial charge < -0.3 is 14.4 Å². The molecule has 0 atom stereocenters. The van der Waals surface area contributed by atoms with Gasteiger partial charge in [-0.05, 0) is 55.1 Å². The van der Waals surface area contributed by atoms with E-state index < -0.39 is 15.6 Å². The summed E-state index contributed by atoms with van der Waals surface area (Å²) in [6, 6.07) is 4.17. The van der Waals surface area contributed by atoms with Crippen molar-refractivity contribution in [3.05, 3.63) is 53.6 Å². The third kappa shape index (κ3) is 7.65. The molecule has 0 fully saturated rings. The Labute approximate surface area is 208 Å². The molecule has 1 aliphatic rings. The number of halogens is 3. The van der Waals surface area contributed by atoms with Gasteiger partial charge in [-0.3, -0.25) is 9.69 Å². The minimum atomic E-state index is -5.71. The number of aromatic nitrogens is 2. The summed E-state index contributed by atoms with van der Waals surface area (Å²) in [7, 11) is -1.94. The SMILES string of the molecule is CN(C)c1cnc(/C=C/C(=O)NCCCCN2CCc3ccc(OS(=O)(=O)C(F)(F)F)cc3C2)nc1. The van der Waals surface area contributed by atoms with Gasteiger partial charge in [-0.1, -0.05) is 6.07 Å². The fraction of sp³-hybridized carbons (Fsp3) is 0.435. The summed E-state index contributed by atoms with van der Waals surface area (Å²) >= 11 is 0. The van der Waals surface area contributed by atoms with E-state index in [1.165, 1.54) is 24.3 Å². The first-order valence-corrected chi connectivity index (χ1v) is 12.7. The largest absolute Gasteiger partial charge is 0.534 e. The summed E-state index contributed by atoms with van der Waals surface area (Å²) in [5.41, 5.74) is -2.94. The molecule has 1 aromatic carbocycles. The fourth-order valence-corrected chi connectivity index (χ4v) is 3.99. The maximum Gasteiger partial charge on any atom is 0.534 e. The average molecular weight is 528 g/mol. The second-order valence-electron chi connectivity index (χ2n) is 8.47. The van der Waals surface area contributed by atoms with Gasteiger partial charge in [-0.25, -0.2) is 9.97 Å². The summed E-state index contributed by atoms with van der Waals surface area (Å²) in [5, 5.41) is 2.80. The number of fused-ring (bicyclic) bond motifs is 1. The van der Waals surface area contributed by atoms with E-state index in [1.807, 2.05) is 19.0 Å². The number of carbonyl (C=O) groups is 1. The van der Waals surface area contributed by atoms with Crippen LogP contribution in [0.3, 0.4) is 0 Å². The molecule has 0 spiro atoms. The van der Waals surface area contributed by atoms with Crippen molar-refractivity contribution in [1.82, 2.24) is 20.2 Å². The molecular weight excluding hydrogens is 499 g/mol. The van der Waals surface area contributed by atoms with E-state index in [1.54, 1.807) is 18.5 Å². The lowest BCUT2D eigenvalue weighted by molar-refractivity contribution is -0.116. The summed E-state index contributed by atoms with van der Waals surface area (Å²) in [6.07, 6.45) is 8.49. The maximum absolute atomic E-state index is 12.6. The number of amides is 1. The predicted octanol–water partition coefficient (Wildman–Crippen LogP) is 2.74. The van der Waals surface area contributed by atoms with Crippen LogP contribution >= 0.6 is 0 Å². The van der Waals surface area contributed by atoms with Crippen LogP contribution in [0.2, 0.25) is 0 Å². The van der Waals surface area contributed by atoms with Crippen molar-refractivity contribution in [2.45, 2.75) is 31.3 Å². The van der Waals surface area contributed by atoms with Crippen LogP contribution in [-0.2, 0) is 27.9 Å². The number of hydrogen-bond donors (Lipinski definition) is 1. The lowest BCUT2D eigenvalue weighted by Crippen LogP contribution is -2.32. The number of carbonyl (C=O) groups excluding carboxylic acids is 1. The Morgan fingerprint density at radius 1 is 1.19 bits per heavy atom. The van der Waals surface area contributed by atoms with E-state index >= 15 is 0 Å². The zero-order chi connectivity index (χ0) is 26.3.